The Morgan fingerprint density at radius 1 is 0.947 bits per heavy atom. The topological polar surface area (TPSA) is 99.4 Å². The molecule has 0 unspecified atom stereocenters. The molecule has 7 heteroatoms. The summed E-state index contributed by atoms with van der Waals surface area (Å²) >= 11 is 0. The molecule has 0 aliphatic heterocycles. The van der Waals surface area contributed by atoms with Crippen LogP contribution in [0.2, 0.25) is 0 Å². The fourth-order valence-electron chi connectivity index (χ4n) is 1.65. The maximum absolute atomic E-state index is 10.5. The molecular formula is C12H10N2O5. The van der Waals surface area contributed by atoms with Crippen LogP contribution < -0.4 is 0 Å². The zero-order valence-electron chi connectivity index (χ0n) is 9.81. The third-order valence-corrected chi connectivity index (χ3v) is 2.66. The number of hydrogen-bond acceptors (Lipinski definition) is 5. The largest absolute Gasteiger partial charge is 0.462 e. The highest BCUT2D eigenvalue weighted by molar-refractivity contribution is 5.33. The molecule has 1 aromatic heterocycles. The van der Waals surface area contributed by atoms with Gasteiger partial charge in [-0.3, -0.25) is 20.2 Å². The number of hydrogen-bond donors (Lipinski definition) is 0. The molecule has 0 bridgehead atoms. The van der Waals surface area contributed by atoms with Gasteiger partial charge < -0.3 is 4.42 Å². The molecule has 0 aliphatic rings. The summed E-state index contributed by atoms with van der Waals surface area (Å²) in [6.45, 7) is 0. The van der Waals surface area contributed by atoms with E-state index in [4.69, 9.17) is 4.42 Å². The highest BCUT2D eigenvalue weighted by Gasteiger charge is 2.11. The van der Waals surface area contributed by atoms with Crippen molar-refractivity contribution in [1.29, 1.82) is 0 Å². The van der Waals surface area contributed by atoms with Gasteiger partial charge in [0.15, 0.2) is 6.26 Å². The number of nitro groups is 2. The molecule has 98 valence electrons. The van der Waals surface area contributed by atoms with E-state index < -0.39 is 9.85 Å². The van der Waals surface area contributed by atoms with Gasteiger partial charge in [0.25, 0.3) is 5.69 Å². The van der Waals surface area contributed by atoms with Crippen molar-refractivity contribution in [3.63, 3.8) is 0 Å². The average molecular weight is 262 g/mol. The Bertz CT molecular complexity index is 603. The summed E-state index contributed by atoms with van der Waals surface area (Å²) in [5, 5.41) is 21.0. The van der Waals surface area contributed by atoms with E-state index in [0.29, 0.717) is 18.6 Å². The second kappa shape index (κ2) is 5.30. The van der Waals surface area contributed by atoms with E-state index >= 15 is 0 Å². The van der Waals surface area contributed by atoms with Gasteiger partial charge >= 0.3 is 5.69 Å². The molecule has 0 saturated heterocycles. The van der Waals surface area contributed by atoms with Crippen LogP contribution in [0.4, 0.5) is 11.4 Å². The van der Waals surface area contributed by atoms with Gasteiger partial charge in [-0.2, -0.15) is 0 Å². The van der Waals surface area contributed by atoms with Crippen LogP contribution in [0.25, 0.3) is 0 Å². The van der Waals surface area contributed by atoms with Gasteiger partial charge in [0.1, 0.15) is 5.76 Å². The van der Waals surface area contributed by atoms with Crippen LogP contribution >= 0.6 is 0 Å². The Morgan fingerprint density at radius 2 is 1.58 bits per heavy atom. The molecule has 19 heavy (non-hydrogen) atoms. The molecule has 0 amide bonds. The summed E-state index contributed by atoms with van der Waals surface area (Å²) in [7, 11) is 0. The van der Waals surface area contributed by atoms with Crippen LogP contribution in [-0.4, -0.2) is 9.85 Å². The first-order valence-electron chi connectivity index (χ1n) is 5.51. The van der Waals surface area contributed by atoms with Crippen molar-refractivity contribution in [2.45, 2.75) is 12.8 Å². The molecular weight excluding hydrogens is 252 g/mol. The highest BCUT2D eigenvalue weighted by atomic mass is 16.6. The standard InChI is InChI=1S/C12H10N2O5/c15-13(16)10-4-1-9(2-5-10)3-6-12-7-11(8-19-12)14(17)18/h1-2,4-5,7-8H,3,6H2. The van der Waals surface area contributed by atoms with Crippen molar-refractivity contribution in [1.82, 2.24) is 0 Å². The lowest BCUT2D eigenvalue weighted by atomic mass is 10.1. The Kier molecular flexibility index (Phi) is 3.56. The number of nitrogens with zero attached hydrogens (tertiary/aromatic N) is 2. The Balaban J connectivity index is 1.97. The molecule has 1 aromatic carbocycles. The lowest BCUT2D eigenvalue weighted by Gasteiger charge is -1.98. The second-order valence-corrected chi connectivity index (χ2v) is 3.95. The van der Waals surface area contributed by atoms with Crippen LogP contribution in [0.3, 0.4) is 0 Å². The molecule has 0 atom stereocenters. The molecule has 0 N–H and O–H groups in total. The summed E-state index contributed by atoms with van der Waals surface area (Å²) in [5.74, 6) is 0.519. The summed E-state index contributed by atoms with van der Waals surface area (Å²) in [6, 6.07) is 7.57. The van der Waals surface area contributed by atoms with E-state index in [0.717, 1.165) is 11.8 Å². The SMILES string of the molecule is O=[N+]([O-])c1ccc(CCc2cc([N+](=O)[O-])co2)cc1. The monoisotopic (exact) mass is 262 g/mol. The smallest absolute Gasteiger partial charge is 0.307 e. The van der Waals surface area contributed by atoms with Crippen LogP contribution in [0.15, 0.2) is 41.0 Å². The molecule has 0 aliphatic carbocycles. The first-order valence-corrected chi connectivity index (χ1v) is 5.51. The lowest BCUT2D eigenvalue weighted by Crippen LogP contribution is -1.92. The maximum Gasteiger partial charge on any atom is 0.307 e. The number of aryl methyl sites for hydroxylation is 2. The third-order valence-electron chi connectivity index (χ3n) is 2.66. The van der Waals surface area contributed by atoms with Gasteiger partial charge in [-0.25, -0.2) is 0 Å². The van der Waals surface area contributed by atoms with Crippen LogP contribution in [-0.2, 0) is 12.8 Å². The van der Waals surface area contributed by atoms with Crippen LogP contribution in [0.5, 0.6) is 0 Å². The zero-order valence-corrected chi connectivity index (χ0v) is 9.81. The average Bonchev–Trinajstić information content (AvgIpc) is 2.86. The highest BCUT2D eigenvalue weighted by Crippen LogP contribution is 2.18. The molecule has 0 saturated carbocycles. The molecule has 0 spiro atoms. The second-order valence-electron chi connectivity index (χ2n) is 3.95. The zero-order chi connectivity index (χ0) is 13.8. The summed E-state index contributed by atoms with van der Waals surface area (Å²) in [4.78, 5) is 20.0. The van der Waals surface area contributed by atoms with Crippen molar-refractivity contribution >= 4 is 11.4 Å². The van der Waals surface area contributed by atoms with Gasteiger partial charge in [-0.05, 0) is 12.0 Å². The van der Waals surface area contributed by atoms with Gasteiger partial charge in [-0.15, -0.1) is 0 Å². The number of rotatable bonds is 5. The Hall–Kier alpha value is -2.70. The van der Waals surface area contributed by atoms with Crippen molar-refractivity contribution in [2.75, 3.05) is 0 Å². The first kappa shape index (κ1) is 12.7. The van der Waals surface area contributed by atoms with E-state index in [1.165, 1.54) is 18.2 Å². The molecule has 0 fully saturated rings. The number of furan rings is 1. The number of benzene rings is 1. The predicted octanol–water partition coefficient (Wildman–Crippen LogP) is 2.88. The summed E-state index contributed by atoms with van der Waals surface area (Å²) in [6.07, 6.45) is 2.21. The molecule has 2 rings (SSSR count). The van der Waals surface area contributed by atoms with Gasteiger partial charge in [0, 0.05) is 18.6 Å². The van der Waals surface area contributed by atoms with E-state index in [-0.39, 0.29) is 11.4 Å². The molecule has 0 radical (unpaired) electrons. The van der Waals surface area contributed by atoms with Crippen molar-refractivity contribution in [3.8, 4) is 0 Å². The van der Waals surface area contributed by atoms with E-state index in [1.54, 1.807) is 12.1 Å². The van der Waals surface area contributed by atoms with Crippen molar-refractivity contribution < 1.29 is 14.3 Å². The van der Waals surface area contributed by atoms with Crippen molar-refractivity contribution in [3.05, 3.63) is 68.1 Å². The van der Waals surface area contributed by atoms with Gasteiger partial charge in [0.05, 0.1) is 15.9 Å². The number of nitro benzene ring substituents is 1. The third kappa shape index (κ3) is 3.15. The minimum atomic E-state index is -0.515. The first-order chi connectivity index (χ1) is 9.06. The van der Waals surface area contributed by atoms with Gasteiger partial charge in [0.2, 0.25) is 0 Å². The van der Waals surface area contributed by atoms with Crippen LogP contribution in [0.1, 0.15) is 11.3 Å². The predicted molar refractivity (Wildman–Crippen MR) is 65.9 cm³/mol. The number of non-ortho nitro benzene ring substituents is 1. The normalized spacial score (nSPS) is 10.3. The summed E-state index contributed by atoms with van der Waals surface area (Å²) < 4.78 is 5.06. The van der Waals surface area contributed by atoms with Crippen molar-refractivity contribution in [2.24, 2.45) is 0 Å². The van der Waals surface area contributed by atoms with E-state index in [1.807, 2.05) is 0 Å². The van der Waals surface area contributed by atoms with E-state index in [2.05, 4.69) is 0 Å². The molecule has 1 heterocycles. The quantitative estimate of drug-likeness (QED) is 0.609. The summed E-state index contributed by atoms with van der Waals surface area (Å²) in [5.41, 5.74) is 0.876. The van der Waals surface area contributed by atoms with Gasteiger partial charge in [-0.1, -0.05) is 12.1 Å². The Morgan fingerprint density at radius 3 is 2.11 bits per heavy atom. The maximum atomic E-state index is 10.5. The molecule has 7 nitrogen and oxygen atoms in total. The minimum Gasteiger partial charge on any atom is -0.462 e. The fraction of sp³-hybridized carbons (Fsp3) is 0.167. The lowest BCUT2D eigenvalue weighted by molar-refractivity contribution is -0.385. The fourth-order valence-corrected chi connectivity index (χ4v) is 1.65. The Labute approximate surface area is 107 Å². The minimum absolute atomic E-state index is 0.0392. The van der Waals surface area contributed by atoms with Crippen LogP contribution in [0, 0.1) is 20.2 Å². The van der Waals surface area contributed by atoms with E-state index in [9.17, 15) is 20.2 Å². The molecule has 2 aromatic rings.